The van der Waals surface area contributed by atoms with Crippen LogP contribution in [0.2, 0.25) is 0 Å². The number of carbonyl (C=O) groups is 1. The lowest BCUT2D eigenvalue weighted by molar-refractivity contribution is 0.0541. The summed E-state index contributed by atoms with van der Waals surface area (Å²) in [5.74, 6) is -0.260. The number of rotatable bonds is 3. The largest absolute Gasteiger partial charge is 0.286 e. The van der Waals surface area contributed by atoms with Crippen molar-refractivity contribution in [1.29, 1.82) is 0 Å². The Bertz CT molecular complexity index is 550. The highest BCUT2D eigenvalue weighted by atomic mass is 79.9. The van der Waals surface area contributed by atoms with Crippen LogP contribution in [-0.4, -0.2) is 18.0 Å². The van der Waals surface area contributed by atoms with Crippen molar-refractivity contribution in [2.24, 2.45) is 0 Å². The van der Waals surface area contributed by atoms with Gasteiger partial charge in [0.2, 0.25) is 0 Å². The number of hydroxylamine groups is 1. The first kappa shape index (κ1) is 12.7. The van der Waals surface area contributed by atoms with E-state index in [4.69, 9.17) is 0 Å². The molecular weight excluding hydrogens is 324 g/mol. The van der Waals surface area contributed by atoms with E-state index in [1.54, 1.807) is 11.3 Å². The molecule has 2 heterocycles. The summed E-state index contributed by atoms with van der Waals surface area (Å²) >= 11 is 6.34. The molecule has 7 heteroatoms. The van der Waals surface area contributed by atoms with Crippen molar-refractivity contribution >= 4 is 44.5 Å². The van der Waals surface area contributed by atoms with Crippen molar-refractivity contribution in [2.75, 3.05) is 7.11 Å². The van der Waals surface area contributed by atoms with E-state index in [2.05, 4.69) is 31.2 Å². The molecule has 0 fully saturated rings. The second-order valence-electron chi connectivity index (χ2n) is 3.20. The van der Waals surface area contributed by atoms with Crippen LogP contribution in [0, 0.1) is 6.92 Å². The molecule has 0 saturated heterocycles. The number of nitrogens with one attached hydrogen (secondary N) is 1. The molecule has 2 aromatic rings. The fourth-order valence-electron chi connectivity index (χ4n) is 1.28. The second-order valence-corrected chi connectivity index (χ2v) is 6.02. The number of nitrogens with zero attached hydrogens (tertiary/aromatic N) is 1. The topological polar surface area (TPSA) is 51.2 Å². The van der Waals surface area contributed by atoms with Gasteiger partial charge in [0.05, 0.1) is 17.7 Å². The summed E-state index contributed by atoms with van der Waals surface area (Å²) in [5, 5.41) is 2.83. The first-order valence-electron chi connectivity index (χ1n) is 4.67. The Balaban J connectivity index is 2.33. The zero-order valence-corrected chi connectivity index (χ0v) is 12.3. The van der Waals surface area contributed by atoms with Crippen LogP contribution in [-0.2, 0) is 4.84 Å². The molecule has 0 aliphatic heterocycles. The maximum Gasteiger partial charge on any atom is 0.286 e. The van der Waals surface area contributed by atoms with E-state index >= 15 is 0 Å². The van der Waals surface area contributed by atoms with Crippen LogP contribution in [0.5, 0.6) is 0 Å². The summed E-state index contributed by atoms with van der Waals surface area (Å²) in [4.78, 5) is 22.3. The normalized spacial score (nSPS) is 10.5. The van der Waals surface area contributed by atoms with E-state index < -0.39 is 0 Å². The van der Waals surface area contributed by atoms with Gasteiger partial charge < -0.3 is 0 Å². The Kier molecular flexibility index (Phi) is 3.93. The lowest BCUT2D eigenvalue weighted by atomic mass is 10.4. The molecule has 0 aromatic carbocycles. The molecule has 0 bridgehead atoms. The zero-order valence-electron chi connectivity index (χ0n) is 9.11. The minimum absolute atomic E-state index is 0.260. The molecule has 2 rings (SSSR count). The van der Waals surface area contributed by atoms with Gasteiger partial charge in [-0.2, -0.15) is 0 Å². The van der Waals surface area contributed by atoms with E-state index in [1.807, 2.05) is 18.4 Å². The van der Waals surface area contributed by atoms with E-state index in [1.165, 1.54) is 18.4 Å². The van der Waals surface area contributed by atoms with Crippen LogP contribution >= 0.6 is 38.6 Å². The van der Waals surface area contributed by atoms with Crippen molar-refractivity contribution in [2.45, 2.75) is 6.92 Å². The quantitative estimate of drug-likeness (QED) is 0.878. The molecule has 0 saturated carbocycles. The van der Waals surface area contributed by atoms with Crippen molar-refractivity contribution in [3.63, 3.8) is 0 Å². The lowest BCUT2D eigenvalue weighted by Gasteiger charge is -1.97. The maximum atomic E-state index is 11.6. The van der Waals surface area contributed by atoms with Crippen molar-refractivity contribution in [1.82, 2.24) is 10.5 Å². The van der Waals surface area contributed by atoms with Crippen molar-refractivity contribution in [3.05, 3.63) is 26.5 Å². The van der Waals surface area contributed by atoms with Gasteiger partial charge in [-0.05, 0) is 28.9 Å². The van der Waals surface area contributed by atoms with Gasteiger partial charge in [-0.1, -0.05) is 0 Å². The molecule has 0 spiro atoms. The molecule has 2 aromatic heterocycles. The fourth-order valence-corrected chi connectivity index (χ4v) is 3.72. The van der Waals surface area contributed by atoms with Gasteiger partial charge in [0.25, 0.3) is 5.91 Å². The Labute approximate surface area is 115 Å². The molecule has 0 radical (unpaired) electrons. The Hall–Kier alpha value is -0.760. The monoisotopic (exact) mass is 332 g/mol. The Morgan fingerprint density at radius 1 is 1.59 bits per heavy atom. The van der Waals surface area contributed by atoms with Gasteiger partial charge in [-0.3, -0.25) is 9.63 Å². The summed E-state index contributed by atoms with van der Waals surface area (Å²) in [6.45, 7) is 1.81. The molecule has 4 nitrogen and oxygen atoms in total. The molecule has 0 aliphatic rings. The van der Waals surface area contributed by atoms with Crippen molar-refractivity contribution < 1.29 is 9.63 Å². The average Bonchev–Trinajstić information content (AvgIpc) is 2.85. The smallest absolute Gasteiger partial charge is 0.277 e. The summed E-state index contributed by atoms with van der Waals surface area (Å²) in [6, 6.07) is 1.99. The van der Waals surface area contributed by atoms with Crippen LogP contribution in [0.1, 0.15) is 15.4 Å². The van der Waals surface area contributed by atoms with E-state index in [-0.39, 0.29) is 5.91 Å². The second kappa shape index (κ2) is 5.26. The molecular formula is C10H9BrN2O2S2. The van der Waals surface area contributed by atoms with E-state index in [9.17, 15) is 4.79 Å². The molecule has 17 heavy (non-hydrogen) atoms. The fraction of sp³-hybridized carbons (Fsp3) is 0.200. The number of aryl methyl sites for hydroxylation is 1. The third-order valence-electron chi connectivity index (χ3n) is 1.98. The lowest BCUT2D eigenvalue weighted by Crippen LogP contribution is -2.21. The number of thiazole rings is 1. The summed E-state index contributed by atoms with van der Waals surface area (Å²) < 4.78 is 1.02. The average molecular weight is 333 g/mol. The number of hydrogen-bond acceptors (Lipinski definition) is 5. The van der Waals surface area contributed by atoms with Crippen LogP contribution in [0.15, 0.2) is 15.9 Å². The number of aromatic nitrogens is 1. The van der Waals surface area contributed by atoms with Crippen LogP contribution in [0.4, 0.5) is 0 Å². The number of halogens is 1. The SMILES string of the molecule is CONC(=O)c1sc(-c2cc(Br)cs2)nc1C. The molecule has 0 atom stereocenters. The molecule has 90 valence electrons. The Morgan fingerprint density at radius 3 is 2.94 bits per heavy atom. The van der Waals surface area contributed by atoms with Gasteiger partial charge in [0.15, 0.2) is 0 Å². The predicted octanol–water partition coefficient (Wildman–Crippen LogP) is 3.23. The van der Waals surface area contributed by atoms with Crippen LogP contribution in [0.3, 0.4) is 0 Å². The van der Waals surface area contributed by atoms with E-state index in [0.717, 1.165) is 14.4 Å². The van der Waals surface area contributed by atoms with Crippen LogP contribution < -0.4 is 5.48 Å². The number of thiophene rings is 1. The van der Waals surface area contributed by atoms with Crippen molar-refractivity contribution in [3.8, 4) is 9.88 Å². The van der Waals surface area contributed by atoms with Gasteiger partial charge >= 0.3 is 0 Å². The minimum atomic E-state index is -0.260. The summed E-state index contributed by atoms with van der Waals surface area (Å²) in [5.41, 5.74) is 3.01. The highest BCUT2D eigenvalue weighted by Crippen LogP contribution is 2.34. The minimum Gasteiger partial charge on any atom is -0.277 e. The maximum absolute atomic E-state index is 11.6. The van der Waals surface area contributed by atoms with Gasteiger partial charge in [-0.25, -0.2) is 10.5 Å². The number of carbonyl (C=O) groups excluding carboxylic acids is 1. The number of amides is 1. The van der Waals surface area contributed by atoms with Gasteiger partial charge in [0.1, 0.15) is 9.88 Å². The standard InChI is InChI=1S/C10H9BrN2O2S2/c1-5-8(9(14)13-15-2)17-10(12-5)7-3-6(11)4-16-7/h3-4H,1-2H3,(H,13,14). The molecule has 1 N–H and O–H groups in total. The van der Waals surface area contributed by atoms with Crippen LogP contribution in [0.25, 0.3) is 9.88 Å². The van der Waals surface area contributed by atoms with Gasteiger partial charge in [-0.15, -0.1) is 22.7 Å². The molecule has 1 amide bonds. The number of hydrogen-bond donors (Lipinski definition) is 1. The predicted molar refractivity (Wildman–Crippen MR) is 72.3 cm³/mol. The summed E-state index contributed by atoms with van der Waals surface area (Å²) in [6.07, 6.45) is 0. The first-order valence-corrected chi connectivity index (χ1v) is 7.16. The third kappa shape index (κ3) is 2.74. The molecule has 0 unspecified atom stereocenters. The highest BCUT2D eigenvalue weighted by molar-refractivity contribution is 9.10. The summed E-state index contributed by atoms with van der Waals surface area (Å²) in [7, 11) is 1.41. The van der Waals surface area contributed by atoms with E-state index in [0.29, 0.717) is 10.6 Å². The Morgan fingerprint density at radius 2 is 2.35 bits per heavy atom. The third-order valence-corrected chi connectivity index (χ3v) is 4.99. The van der Waals surface area contributed by atoms with Gasteiger partial charge in [0, 0.05) is 9.85 Å². The zero-order chi connectivity index (χ0) is 12.4. The molecule has 0 aliphatic carbocycles. The highest BCUT2D eigenvalue weighted by Gasteiger charge is 2.16. The first-order chi connectivity index (χ1) is 8.11.